The van der Waals surface area contributed by atoms with Gasteiger partial charge < -0.3 is 10.5 Å². The van der Waals surface area contributed by atoms with E-state index in [4.69, 9.17) is 10.5 Å². The fourth-order valence-corrected chi connectivity index (χ4v) is 3.23. The van der Waals surface area contributed by atoms with Gasteiger partial charge in [-0.3, -0.25) is 0 Å². The molecule has 2 aromatic rings. The third-order valence-corrected chi connectivity index (χ3v) is 4.69. The summed E-state index contributed by atoms with van der Waals surface area (Å²) in [5.41, 5.74) is 6.78. The van der Waals surface area contributed by atoms with Crippen LogP contribution >= 0.6 is 27.3 Å². The van der Waals surface area contributed by atoms with Gasteiger partial charge in [-0.05, 0) is 65.1 Å². The van der Waals surface area contributed by atoms with Gasteiger partial charge in [-0.25, -0.2) is 0 Å². The van der Waals surface area contributed by atoms with Crippen molar-refractivity contribution in [1.82, 2.24) is 0 Å². The molecule has 0 atom stereocenters. The average Bonchev–Trinajstić information content (AvgIpc) is 2.86. The maximum Gasteiger partial charge on any atom is 0.134 e. The van der Waals surface area contributed by atoms with Crippen molar-refractivity contribution in [1.29, 1.82) is 0 Å². The molecule has 1 aromatic heterocycles. The first kappa shape index (κ1) is 14.6. The van der Waals surface area contributed by atoms with E-state index in [0.29, 0.717) is 13.2 Å². The van der Waals surface area contributed by atoms with Crippen LogP contribution in [0.15, 0.2) is 34.8 Å². The Morgan fingerprint density at radius 2 is 2.00 bits per heavy atom. The van der Waals surface area contributed by atoms with Gasteiger partial charge in [0.2, 0.25) is 0 Å². The summed E-state index contributed by atoms with van der Waals surface area (Å²) in [5, 5.41) is 0. The molecule has 0 fully saturated rings. The Labute approximate surface area is 126 Å². The minimum atomic E-state index is 0.625. The van der Waals surface area contributed by atoms with Crippen molar-refractivity contribution in [3.63, 3.8) is 0 Å². The Hall–Kier alpha value is -0.840. The first-order valence-electron chi connectivity index (χ1n) is 6.41. The number of aryl methyl sites for hydroxylation is 1. The largest absolute Gasteiger partial charge is 0.487 e. The summed E-state index contributed by atoms with van der Waals surface area (Å²) >= 11 is 5.36. The third-order valence-electron chi connectivity index (χ3n) is 2.87. The van der Waals surface area contributed by atoms with Crippen LogP contribution in [0.2, 0.25) is 0 Å². The average molecular weight is 340 g/mol. The van der Waals surface area contributed by atoms with E-state index in [2.05, 4.69) is 47.1 Å². The second-order valence-corrected chi connectivity index (χ2v) is 6.42. The molecular formula is C15H18BrNOS. The van der Waals surface area contributed by atoms with Crippen molar-refractivity contribution < 1.29 is 4.74 Å². The lowest BCUT2D eigenvalue weighted by molar-refractivity contribution is 0.307. The SMILES string of the molecule is CCc1ccc(COc2ccc(CCN)cc2Br)s1. The number of rotatable bonds is 6. The van der Waals surface area contributed by atoms with Crippen LogP contribution in [0.3, 0.4) is 0 Å². The lowest BCUT2D eigenvalue weighted by Gasteiger charge is -2.08. The van der Waals surface area contributed by atoms with Crippen molar-refractivity contribution in [2.75, 3.05) is 6.54 Å². The summed E-state index contributed by atoms with van der Waals surface area (Å²) in [6, 6.07) is 10.5. The Kier molecular flexibility index (Phi) is 5.43. The van der Waals surface area contributed by atoms with E-state index in [1.54, 1.807) is 0 Å². The van der Waals surface area contributed by atoms with Crippen LogP contribution in [0.4, 0.5) is 0 Å². The molecule has 0 saturated heterocycles. The highest BCUT2D eigenvalue weighted by atomic mass is 79.9. The third kappa shape index (κ3) is 4.06. The number of hydrogen-bond donors (Lipinski definition) is 1. The molecular weight excluding hydrogens is 322 g/mol. The first-order valence-corrected chi connectivity index (χ1v) is 8.02. The van der Waals surface area contributed by atoms with E-state index in [1.807, 2.05) is 17.4 Å². The summed E-state index contributed by atoms with van der Waals surface area (Å²) in [5.74, 6) is 0.882. The van der Waals surface area contributed by atoms with Gasteiger partial charge in [0.15, 0.2) is 0 Å². The summed E-state index contributed by atoms with van der Waals surface area (Å²) in [6.07, 6.45) is 1.98. The van der Waals surface area contributed by atoms with Crippen LogP contribution in [0.1, 0.15) is 22.2 Å². The van der Waals surface area contributed by atoms with Gasteiger partial charge in [0.1, 0.15) is 12.4 Å². The van der Waals surface area contributed by atoms with Crippen LogP contribution in [0.25, 0.3) is 0 Å². The number of ether oxygens (including phenoxy) is 1. The number of nitrogens with two attached hydrogens (primary N) is 1. The summed E-state index contributed by atoms with van der Waals surface area (Å²) in [6.45, 7) is 3.46. The number of halogens is 1. The topological polar surface area (TPSA) is 35.2 Å². The normalized spacial score (nSPS) is 10.7. The molecule has 102 valence electrons. The molecule has 4 heteroatoms. The van der Waals surface area contributed by atoms with Gasteiger partial charge in [0, 0.05) is 9.75 Å². The van der Waals surface area contributed by atoms with Crippen molar-refractivity contribution in [2.45, 2.75) is 26.4 Å². The minimum absolute atomic E-state index is 0.625. The van der Waals surface area contributed by atoms with E-state index < -0.39 is 0 Å². The van der Waals surface area contributed by atoms with Crippen molar-refractivity contribution in [3.05, 3.63) is 50.1 Å². The van der Waals surface area contributed by atoms with Crippen molar-refractivity contribution in [2.24, 2.45) is 5.73 Å². The molecule has 2 N–H and O–H groups in total. The predicted octanol–water partition coefficient (Wildman–Crippen LogP) is 4.15. The van der Waals surface area contributed by atoms with Gasteiger partial charge >= 0.3 is 0 Å². The molecule has 0 amide bonds. The highest BCUT2D eigenvalue weighted by Crippen LogP contribution is 2.28. The molecule has 0 unspecified atom stereocenters. The van der Waals surface area contributed by atoms with Gasteiger partial charge in [-0.15, -0.1) is 11.3 Å². The van der Waals surface area contributed by atoms with Crippen LogP contribution < -0.4 is 10.5 Å². The predicted molar refractivity (Wildman–Crippen MR) is 84.9 cm³/mol. The second-order valence-electron chi connectivity index (χ2n) is 4.31. The Bertz CT molecular complexity index is 539. The van der Waals surface area contributed by atoms with E-state index in [0.717, 1.165) is 23.1 Å². The molecule has 19 heavy (non-hydrogen) atoms. The molecule has 2 rings (SSSR count). The smallest absolute Gasteiger partial charge is 0.134 e. The van der Waals surface area contributed by atoms with Gasteiger partial charge in [0.25, 0.3) is 0 Å². The Morgan fingerprint density at radius 3 is 2.63 bits per heavy atom. The van der Waals surface area contributed by atoms with Crippen LogP contribution in [-0.4, -0.2) is 6.54 Å². The van der Waals surface area contributed by atoms with Crippen LogP contribution in [0.5, 0.6) is 5.75 Å². The molecule has 0 radical (unpaired) electrons. The van der Waals surface area contributed by atoms with Gasteiger partial charge in [0.05, 0.1) is 4.47 Å². The van der Waals surface area contributed by atoms with Crippen molar-refractivity contribution >= 4 is 27.3 Å². The lowest BCUT2D eigenvalue weighted by atomic mass is 10.1. The quantitative estimate of drug-likeness (QED) is 0.857. The molecule has 0 aliphatic rings. The molecule has 0 bridgehead atoms. The standard InChI is InChI=1S/C15H18BrNOS/c1-2-12-4-5-13(19-12)10-18-15-6-3-11(7-8-17)9-14(15)16/h3-6,9H,2,7-8,10,17H2,1H3. The second kappa shape index (κ2) is 7.08. The zero-order valence-electron chi connectivity index (χ0n) is 11.0. The fraction of sp³-hybridized carbons (Fsp3) is 0.333. The zero-order chi connectivity index (χ0) is 13.7. The summed E-state index contributed by atoms with van der Waals surface area (Å²) in [7, 11) is 0. The maximum atomic E-state index is 5.85. The Balaban J connectivity index is 1.99. The fourth-order valence-electron chi connectivity index (χ4n) is 1.82. The molecule has 1 aromatic carbocycles. The maximum absolute atomic E-state index is 5.85. The molecule has 1 heterocycles. The summed E-state index contributed by atoms with van der Waals surface area (Å²) < 4.78 is 6.84. The van der Waals surface area contributed by atoms with Gasteiger partial charge in [-0.1, -0.05) is 13.0 Å². The van der Waals surface area contributed by atoms with Gasteiger partial charge in [-0.2, -0.15) is 0 Å². The van der Waals surface area contributed by atoms with Crippen LogP contribution in [0, 0.1) is 0 Å². The molecule has 0 aliphatic heterocycles. The zero-order valence-corrected chi connectivity index (χ0v) is 13.4. The van der Waals surface area contributed by atoms with Crippen LogP contribution in [-0.2, 0) is 19.4 Å². The first-order chi connectivity index (χ1) is 9.22. The van der Waals surface area contributed by atoms with Crippen molar-refractivity contribution in [3.8, 4) is 5.75 Å². The highest BCUT2D eigenvalue weighted by molar-refractivity contribution is 9.10. The molecule has 0 saturated carbocycles. The number of thiophene rings is 1. The van der Waals surface area contributed by atoms with E-state index in [9.17, 15) is 0 Å². The molecule has 2 nitrogen and oxygen atoms in total. The Morgan fingerprint density at radius 1 is 1.21 bits per heavy atom. The molecule has 0 spiro atoms. The van der Waals surface area contributed by atoms with E-state index in [-0.39, 0.29) is 0 Å². The van der Waals surface area contributed by atoms with E-state index >= 15 is 0 Å². The van der Waals surface area contributed by atoms with E-state index in [1.165, 1.54) is 15.3 Å². The lowest BCUT2D eigenvalue weighted by Crippen LogP contribution is -2.02. The monoisotopic (exact) mass is 339 g/mol. The minimum Gasteiger partial charge on any atom is -0.487 e. The number of benzene rings is 1. The highest BCUT2D eigenvalue weighted by Gasteiger charge is 2.04. The summed E-state index contributed by atoms with van der Waals surface area (Å²) in [4.78, 5) is 2.66. The number of hydrogen-bond acceptors (Lipinski definition) is 3. The molecule has 0 aliphatic carbocycles.